The maximum Gasteiger partial charge on any atom is 0.240 e. The number of halogens is 1. The third kappa shape index (κ3) is 2.37. The van der Waals surface area contributed by atoms with E-state index in [2.05, 4.69) is 13.8 Å². The van der Waals surface area contributed by atoms with Crippen LogP contribution in [0.3, 0.4) is 0 Å². The van der Waals surface area contributed by atoms with Crippen molar-refractivity contribution in [3.63, 3.8) is 0 Å². The highest BCUT2D eigenvalue weighted by atomic mass is 35.5. The Hall–Kier alpha value is -0.240. The molecule has 0 bridgehead atoms. The van der Waals surface area contributed by atoms with Crippen LogP contribution in [0.25, 0.3) is 0 Å². The molecule has 0 aliphatic carbocycles. The van der Waals surface area contributed by atoms with Crippen LogP contribution in [0.2, 0.25) is 0 Å². The quantitative estimate of drug-likeness (QED) is 0.600. The Balaban J connectivity index is 2.68. The average Bonchev–Trinajstić information content (AvgIpc) is 2.03. The van der Waals surface area contributed by atoms with Gasteiger partial charge < -0.3 is 4.90 Å². The number of likely N-dealkylation sites (tertiary alicyclic amines) is 1. The lowest BCUT2D eigenvalue weighted by Crippen LogP contribution is -2.49. The van der Waals surface area contributed by atoms with Crippen LogP contribution in [-0.4, -0.2) is 28.3 Å². The van der Waals surface area contributed by atoms with Gasteiger partial charge in [0.2, 0.25) is 5.91 Å². The molecule has 13 heavy (non-hydrogen) atoms. The van der Waals surface area contributed by atoms with Gasteiger partial charge in [-0.25, -0.2) is 0 Å². The average molecular weight is 204 g/mol. The lowest BCUT2D eigenvalue weighted by molar-refractivity contribution is -0.136. The molecule has 1 amide bonds. The molecule has 0 radical (unpaired) electrons. The molecule has 3 heteroatoms. The van der Waals surface area contributed by atoms with Crippen LogP contribution >= 0.6 is 11.6 Å². The molecule has 1 rings (SSSR count). The highest BCUT2D eigenvalue weighted by Gasteiger charge is 2.30. The minimum Gasteiger partial charge on any atom is -0.336 e. The van der Waals surface area contributed by atoms with Crippen molar-refractivity contribution in [3.05, 3.63) is 0 Å². The van der Waals surface area contributed by atoms with Crippen molar-refractivity contribution < 1.29 is 4.79 Å². The SMILES string of the molecule is C[C@@H]1CCC[C@H](C)N1C(=O)[C@@H](C)Cl. The van der Waals surface area contributed by atoms with E-state index < -0.39 is 0 Å². The zero-order valence-electron chi connectivity index (χ0n) is 8.59. The Kier molecular flexibility index (Phi) is 3.60. The maximum atomic E-state index is 11.7. The van der Waals surface area contributed by atoms with Gasteiger partial charge in [0, 0.05) is 12.1 Å². The predicted octanol–water partition coefficient (Wildman–Crippen LogP) is 2.40. The highest BCUT2D eigenvalue weighted by Crippen LogP contribution is 2.23. The standard InChI is InChI=1S/C10H18ClNO/c1-7-5-4-6-8(2)12(7)10(13)9(3)11/h7-9H,4-6H2,1-3H3/t7-,8+,9-/m1/s1. The highest BCUT2D eigenvalue weighted by molar-refractivity contribution is 6.30. The Morgan fingerprint density at radius 3 is 2.23 bits per heavy atom. The van der Waals surface area contributed by atoms with Gasteiger partial charge in [-0.1, -0.05) is 0 Å². The Morgan fingerprint density at radius 1 is 1.38 bits per heavy atom. The summed E-state index contributed by atoms with van der Waals surface area (Å²) in [6.45, 7) is 5.96. The third-order valence-electron chi connectivity index (χ3n) is 2.79. The first-order chi connectivity index (χ1) is 6.04. The van der Waals surface area contributed by atoms with E-state index >= 15 is 0 Å². The molecule has 0 unspecified atom stereocenters. The van der Waals surface area contributed by atoms with Crippen LogP contribution in [0.15, 0.2) is 0 Å². The second kappa shape index (κ2) is 4.32. The van der Waals surface area contributed by atoms with E-state index in [0.29, 0.717) is 12.1 Å². The fraction of sp³-hybridized carbons (Fsp3) is 0.900. The zero-order valence-corrected chi connectivity index (χ0v) is 9.34. The van der Waals surface area contributed by atoms with Crippen LogP contribution < -0.4 is 0 Å². The molecular formula is C10H18ClNO. The number of rotatable bonds is 1. The fourth-order valence-electron chi connectivity index (χ4n) is 2.06. The van der Waals surface area contributed by atoms with E-state index in [1.54, 1.807) is 6.92 Å². The van der Waals surface area contributed by atoms with Gasteiger partial charge in [0.05, 0.1) is 0 Å². The number of carbonyl (C=O) groups excluding carboxylic acids is 1. The largest absolute Gasteiger partial charge is 0.336 e. The lowest BCUT2D eigenvalue weighted by Gasteiger charge is -2.39. The van der Waals surface area contributed by atoms with E-state index in [1.165, 1.54) is 6.42 Å². The van der Waals surface area contributed by atoms with Crippen molar-refractivity contribution in [2.75, 3.05) is 0 Å². The van der Waals surface area contributed by atoms with Gasteiger partial charge >= 0.3 is 0 Å². The monoisotopic (exact) mass is 203 g/mol. The maximum absolute atomic E-state index is 11.7. The minimum atomic E-state index is -0.386. The van der Waals surface area contributed by atoms with Crippen molar-refractivity contribution in [2.24, 2.45) is 0 Å². The van der Waals surface area contributed by atoms with Crippen molar-refractivity contribution in [2.45, 2.75) is 57.5 Å². The molecule has 1 aliphatic heterocycles. The first kappa shape index (κ1) is 10.8. The molecule has 0 N–H and O–H groups in total. The number of carbonyl (C=O) groups is 1. The van der Waals surface area contributed by atoms with Crippen LogP contribution in [0.4, 0.5) is 0 Å². The summed E-state index contributed by atoms with van der Waals surface area (Å²) in [6.07, 6.45) is 3.45. The van der Waals surface area contributed by atoms with Gasteiger partial charge in [-0.2, -0.15) is 0 Å². The summed E-state index contributed by atoms with van der Waals surface area (Å²) in [5, 5.41) is -0.386. The number of piperidine rings is 1. The first-order valence-electron chi connectivity index (χ1n) is 5.00. The molecule has 2 nitrogen and oxygen atoms in total. The minimum absolute atomic E-state index is 0.0846. The van der Waals surface area contributed by atoms with Gasteiger partial charge in [-0.15, -0.1) is 11.6 Å². The summed E-state index contributed by atoms with van der Waals surface area (Å²) in [4.78, 5) is 13.7. The lowest BCUT2D eigenvalue weighted by atomic mass is 9.97. The van der Waals surface area contributed by atoms with Gasteiger partial charge in [-0.05, 0) is 40.0 Å². The number of hydrogen-bond acceptors (Lipinski definition) is 1. The molecule has 0 aromatic carbocycles. The van der Waals surface area contributed by atoms with Crippen LogP contribution in [-0.2, 0) is 4.79 Å². The summed E-state index contributed by atoms with van der Waals surface area (Å²) in [5.41, 5.74) is 0. The van der Waals surface area contributed by atoms with E-state index in [4.69, 9.17) is 11.6 Å². The summed E-state index contributed by atoms with van der Waals surface area (Å²) in [7, 11) is 0. The molecule has 0 aromatic heterocycles. The first-order valence-corrected chi connectivity index (χ1v) is 5.44. The molecule has 1 heterocycles. The number of amides is 1. The summed E-state index contributed by atoms with van der Waals surface area (Å²) in [5.74, 6) is 0.0846. The molecule has 0 spiro atoms. The number of alkyl halides is 1. The Morgan fingerprint density at radius 2 is 1.85 bits per heavy atom. The smallest absolute Gasteiger partial charge is 0.240 e. The van der Waals surface area contributed by atoms with E-state index in [0.717, 1.165) is 12.8 Å². The van der Waals surface area contributed by atoms with Gasteiger partial charge in [0.1, 0.15) is 5.38 Å². The zero-order chi connectivity index (χ0) is 10.0. The van der Waals surface area contributed by atoms with E-state index in [-0.39, 0.29) is 11.3 Å². The predicted molar refractivity (Wildman–Crippen MR) is 54.9 cm³/mol. The van der Waals surface area contributed by atoms with Crippen molar-refractivity contribution >= 4 is 17.5 Å². The molecule has 1 fully saturated rings. The van der Waals surface area contributed by atoms with Crippen molar-refractivity contribution in [1.82, 2.24) is 4.90 Å². The molecule has 3 atom stereocenters. The van der Waals surface area contributed by atoms with Crippen molar-refractivity contribution in [3.8, 4) is 0 Å². The van der Waals surface area contributed by atoms with Gasteiger partial charge in [0.25, 0.3) is 0 Å². The molecule has 0 aromatic rings. The second-order valence-electron chi connectivity index (χ2n) is 3.99. The summed E-state index contributed by atoms with van der Waals surface area (Å²) in [6, 6.07) is 0.717. The number of hydrogen-bond donors (Lipinski definition) is 0. The molecule has 0 saturated carbocycles. The molecule has 1 saturated heterocycles. The van der Waals surface area contributed by atoms with E-state index in [1.807, 2.05) is 4.90 Å². The molecule has 1 aliphatic rings. The van der Waals surface area contributed by atoms with Crippen molar-refractivity contribution in [1.29, 1.82) is 0 Å². The Bertz CT molecular complexity index is 183. The second-order valence-corrected chi connectivity index (χ2v) is 4.65. The van der Waals surface area contributed by atoms with Crippen LogP contribution in [0.1, 0.15) is 40.0 Å². The third-order valence-corrected chi connectivity index (χ3v) is 2.97. The summed E-state index contributed by atoms with van der Waals surface area (Å²) < 4.78 is 0. The van der Waals surface area contributed by atoms with Crippen LogP contribution in [0, 0.1) is 0 Å². The Labute approximate surface area is 85.2 Å². The topological polar surface area (TPSA) is 20.3 Å². The fourth-order valence-corrected chi connectivity index (χ4v) is 2.17. The summed E-state index contributed by atoms with van der Waals surface area (Å²) >= 11 is 5.80. The van der Waals surface area contributed by atoms with Crippen LogP contribution in [0.5, 0.6) is 0 Å². The molecular weight excluding hydrogens is 186 g/mol. The number of nitrogens with zero attached hydrogens (tertiary/aromatic N) is 1. The van der Waals surface area contributed by atoms with E-state index in [9.17, 15) is 4.79 Å². The molecule has 76 valence electrons. The van der Waals surface area contributed by atoms with Gasteiger partial charge in [-0.3, -0.25) is 4.79 Å². The normalized spacial score (nSPS) is 31.5. The van der Waals surface area contributed by atoms with Gasteiger partial charge in [0.15, 0.2) is 0 Å².